The second kappa shape index (κ2) is 57.1. The molecule has 0 saturated carbocycles. The van der Waals surface area contributed by atoms with Crippen LogP contribution in [0.15, 0.2) is 36.5 Å². The minimum Gasteiger partial charge on any atom is -0.394 e. The van der Waals surface area contributed by atoms with Gasteiger partial charge in [-0.15, -0.1) is 0 Å². The second-order valence-electron chi connectivity index (χ2n) is 25.7. The summed E-state index contributed by atoms with van der Waals surface area (Å²) in [6.07, 6.45) is 56.7. The Morgan fingerprint density at radius 2 is 0.767 bits per heavy atom. The van der Waals surface area contributed by atoms with Gasteiger partial charge in [0, 0.05) is 6.42 Å². The number of aliphatic hydroxyl groups is 8. The van der Waals surface area contributed by atoms with Gasteiger partial charge in [0.1, 0.15) is 48.8 Å². The summed E-state index contributed by atoms with van der Waals surface area (Å²) in [6, 6.07) is -0.911. The summed E-state index contributed by atoms with van der Waals surface area (Å²) in [4.78, 5) is 13.3. The number of aliphatic hydroxyl groups excluding tert-OH is 8. The molecule has 9 N–H and O–H groups in total. The van der Waals surface area contributed by atoms with E-state index in [9.17, 15) is 45.6 Å². The molecule has 86 heavy (non-hydrogen) atoms. The van der Waals surface area contributed by atoms with Crippen LogP contribution in [0.25, 0.3) is 0 Å². The number of hydrogen-bond acceptors (Lipinski definition) is 13. The maximum Gasteiger partial charge on any atom is 0.220 e. The maximum atomic E-state index is 13.3. The summed E-state index contributed by atoms with van der Waals surface area (Å²) in [5.74, 6) is -0.234. The van der Waals surface area contributed by atoms with Crippen molar-refractivity contribution in [2.45, 2.75) is 396 Å². The van der Waals surface area contributed by atoms with Gasteiger partial charge in [-0.3, -0.25) is 4.79 Å². The topological polar surface area (TPSA) is 228 Å². The van der Waals surface area contributed by atoms with Gasteiger partial charge in [-0.1, -0.05) is 301 Å². The predicted molar refractivity (Wildman–Crippen MR) is 351 cm³/mol. The smallest absolute Gasteiger partial charge is 0.220 e. The van der Waals surface area contributed by atoms with Gasteiger partial charge < -0.3 is 65.1 Å². The van der Waals surface area contributed by atoms with Crippen LogP contribution in [-0.2, 0) is 23.7 Å². The van der Waals surface area contributed by atoms with Crippen LogP contribution in [0.3, 0.4) is 0 Å². The fourth-order valence-electron chi connectivity index (χ4n) is 12.0. The molecule has 2 saturated heterocycles. The lowest BCUT2D eigenvalue weighted by molar-refractivity contribution is -0.359. The third-order valence-corrected chi connectivity index (χ3v) is 17.8. The fourth-order valence-corrected chi connectivity index (χ4v) is 12.0. The Bertz CT molecular complexity index is 1580. The summed E-state index contributed by atoms with van der Waals surface area (Å²) in [5, 5.41) is 87.2. The Hall–Kier alpha value is -1.79. The number of allylic oxidation sites excluding steroid dienone is 5. The highest BCUT2D eigenvalue weighted by Crippen LogP contribution is 2.30. The molecule has 2 heterocycles. The summed E-state index contributed by atoms with van der Waals surface area (Å²) >= 11 is 0. The SMILES string of the molecule is CCCCCCC/C=C\C/C=C\CCCCCCCCCCCCCCCCCCCCCCCCCCCCCC(=O)NC(COC1OC(CO)C(OC2OC(CO)C(O)C(O)C2O)C(O)C1O)C(O)/C=C/CCCCCCCCCCCCC. The van der Waals surface area contributed by atoms with Gasteiger partial charge in [-0.2, -0.15) is 0 Å². The van der Waals surface area contributed by atoms with Crippen LogP contribution >= 0.6 is 0 Å². The number of unbranched alkanes of at least 4 members (excludes halogenated alkanes) is 43. The molecule has 2 rings (SSSR count). The van der Waals surface area contributed by atoms with E-state index in [1.165, 1.54) is 250 Å². The van der Waals surface area contributed by atoms with Crippen molar-refractivity contribution in [3.8, 4) is 0 Å². The van der Waals surface area contributed by atoms with Crippen LogP contribution in [0.5, 0.6) is 0 Å². The molecule has 506 valence electrons. The lowest BCUT2D eigenvalue weighted by Crippen LogP contribution is -2.65. The molecular formula is C72H135NO13. The molecule has 2 aliphatic rings. The Morgan fingerprint density at radius 1 is 0.419 bits per heavy atom. The zero-order valence-corrected chi connectivity index (χ0v) is 55.1. The highest BCUT2D eigenvalue weighted by atomic mass is 16.7. The largest absolute Gasteiger partial charge is 0.394 e. The predicted octanol–water partition coefficient (Wildman–Crippen LogP) is 14.9. The minimum atomic E-state index is -1.79. The van der Waals surface area contributed by atoms with Crippen LogP contribution in [0.2, 0.25) is 0 Å². The summed E-state index contributed by atoms with van der Waals surface area (Å²) in [5.41, 5.74) is 0. The van der Waals surface area contributed by atoms with Gasteiger partial charge in [0.25, 0.3) is 0 Å². The third-order valence-electron chi connectivity index (χ3n) is 17.8. The number of carbonyl (C=O) groups is 1. The van der Waals surface area contributed by atoms with Crippen LogP contribution in [0.1, 0.15) is 322 Å². The quantitative estimate of drug-likeness (QED) is 0.0204. The number of amides is 1. The van der Waals surface area contributed by atoms with Gasteiger partial charge in [0.05, 0.1) is 32.0 Å². The first kappa shape index (κ1) is 80.3. The molecule has 12 unspecified atom stereocenters. The second-order valence-corrected chi connectivity index (χ2v) is 25.7. The van der Waals surface area contributed by atoms with E-state index in [1.807, 2.05) is 6.08 Å². The van der Waals surface area contributed by atoms with E-state index in [-0.39, 0.29) is 18.9 Å². The lowest BCUT2D eigenvalue weighted by atomic mass is 9.97. The van der Waals surface area contributed by atoms with Crippen LogP contribution in [0, 0.1) is 0 Å². The zero-order chi connectivity index (χ0) is 62.3. The van der Waals surface area contributed by atoms with Crippen LogP contribution in [0.4, 0.5) is 0 Å². The number of ether oxygens (including phenoxy) is 4. The molecular weight excluding hydrogens is 1090 g/mol. The number of nitrogens with one attached hydrogen (secondary N) is 1. The van der Waals surface area contributed by atoms with E-state index in [0.29, 0.717) is 6.42 Å². The molecule has 0 radical (unpaired) electrons. The summed E-state index contributed by atoms with van der Waals surface area (Å²) < 4.78 is 22.8. The maximum absolute atomic E-state index is 13.3. The van der Waals surface area contributed by atoms with Crippen LogP contribution < -0.4 is 5.32 Å². The van der Waals surface area contributed by atoms with Crippen molar-refractivity contribution in [3.63, 3.8) is 0 Å². The van der Waals surface area contributed by atoms with E-state index in [2.05, 4.69) is 43.5 Å². The summed E-state index contributed by atoms with van der Waals surface area (Å²) in [6.45, 7) is 2.81. The Kier molecular flexibility index (Phi) is 53.4. The molecule has 0 spiro atoms. The van der Waals surface area contributed by atoms with Gasteiger partial charge in [0.2, 0.25) is 5.91 Å². The first-order valence-corrected chi connectivity index (χ1v) is 36.2. The van der Waals surface area contributed by atoms with Crippen molar-refractivity contribution in [2.24, 2.45) is 0 Å². The normalized spacial score (nSPS) is 23.6. The molecule has 14 heteroatoms. The lowest BCUT2D eigenvalue weighted by Gasteiger charge is -2.46. The molecule has 1 amide bonds. The van der Waals surface area contributed by atoms with Crippen LogP contribution in [-0.4, -0.2) is 140 Å². The average Bonchev–Trinajstić information content (AvgIpc) is 2.76. The molecule has 2 fully saturated rings. The standard InChI is InChI=1S/C72H135NO13/c1-3-5-7-9-11-13-15-17-18-19-20-21-22-23-24-25-26-27-28-29-30-31-32-33-34-35-36-37-38-39-40-41-42-44-46-48-50-52-54-56-64(77)73-60(61(76)55-53-51-49-47-45-43-16-14-12-10-8-6-4-2)59-83-71-69(82)67(80)70(63(58-75)85-71)86-72-68(81)66(79)65(78)62(57-74)84-72/h15,17,19-20,53,55,60-63,65-72,74-76,78-82H,3-14,16,18,21-52,54,56-59H2,1-2H3,(H,73,77)/b17-15-,20-19-,55-53+. The molecule has 0 aromatic heterocycles. The Labute approximate surface area is 525 Å². The van der Waals surface area contributed by atoms with Crippen molar-refractivity contribution in [3.05, 3.63) is 36.5 Å². The van der Waals surface area contributed by atoms with Gasteiger partial charge in [-0.05, 0) is 51.4 Å². The molecule has 0 aromatic rings. The van der Waals surface area contributed by atoms with E-state index in [4.69, 9.17) is 18.9 Å². The first-order valence-electron chi connectivity index (χ1n) is 36.2. The molecule has 14 nitrogen and oxygen atoms in total. The fraction of sp³-hybridized carbons (Fsp3) is 0.903. The number of hydrogen-bond donors (Lipinski definition) is 9. The van der Waals surface area contributed by atoms with Crippen molar-refractivity contribution in [1.29, 1.82) is 0 Å². The molecule has 2 aliphatic heterocycles. The minimum absolute atomic E-state index is 0.234. The Balaban J connectivity index is 1.54. The zero-order valence-electron chi connectivity index (χ0n) is 55.1. The molecule has 0 bridgehead atoms. The Morgan fingerprint density at radius 3 is 1.16 bits per heavy atom. The van der Waals surface area contributed by atoms with E-state index in [0.717, 1.165) is 44.9 Å². The molecule has 0 aromatic carbocycles. The first-order chi connectivity index (χ1) is 42.1. The van der Waals surface area contributed by atoms with E-state index >= 15 is 0 Å². The number of carbonyl (C=O) groups excluding carboxylic acids is 1. The van der Waals surface area contributed by atoms with Gasteiger partial charge in [0.15, 0.2) is 12.6 Å². The highest BCUT2D eigenvalue weighted by Gasteiger charge is 2.51. The third kappa shape index (κ3) is 40.8. The van der Waals surface area contributed by atoms with Gasteiger partial charge >= 0.3 is 0 Å². The van der Waals surface area contributed by atoms with Gasteiger partial charge in [-0.25, -0.2) is 0 Å². The monoisotopic (exact) mass is 1220 g/mol. The van der Waals surface area contributed by atoms with Crippen molar-refractivity contribution in [1.82, 2.24) is 5.32 Å². The number of rotatable bonds is 60. The average molecular weight is 1220 g/mol. The highest BCUT2D eigenvalue weighted by molar-refractivity contribution is 5.76. The molecule has 0 aliphatic carbocycles. The van der Waals surface area contributed by atoms with Crippen molar-refractivity contribution >= 4 is 5.91 Å². The van der Waals surface area contributed by atoms with E-state index in [1.54, 1.807) is 6.08 Å². The molecule has 12 atom stereocenters. The van der Waals surface area contributed by atoms with Crippen molar-refractivity contribution in [2.75, 3.05) is 19.8 Å². The van der Waals surface area contributed by atoms with Crippen molar-refractivity contribution < 1.29 is 64.6 Å². The summed E-state index contributed by atoms with van der Waals surface area (Å²) in [7, 11) is 0. The van der Waals surface area contributed by atoms with E-state index < -0.39 is 86.8 Å².